The summed E-state index contributed by atoms with van der Waals surface area (Å²) in [4.78, 5) is 24.5. The fourth-order valence-electron chi connectivity index (χ4n) is 7.07. The second kappa shape index (κ2) is 18.6. The lowest BCUT2D eigenvalue weighted by atomic mass is 10.0. The summed E-state index contributed by atoms with van der Waals surface area (Å²) in [6.45, 7) is 4.92. The van der Waals surface area contributed by atoms with Gasteiger partial charge in [-0.15, -0.1) is 0 Å². The minimum absolute atomic E-state index is 0.0171. The molecule has 1 amide bonds. The zero-order valence-electron chi connectivity index (χ0n) is 31.0. The molecule has 2 N–H and O–H groups in total. The number of hydrogen-bond donors (Lipinski definition) is 2. The molecular formula is C46H48N4O5. The van der Waals surface area contributed by atoms with Gasteiger partial charge in [-0.2, -0.15) is 0 Å². The number of nitrogens with zero attached hydrogens (tertiary/aromatic N) is 4. The molecule has 0 spiro atoms. The van der Waals surface area contributed by atoms with Crippen LogP contribution in [0.25, 0.3) is 10.9 Å². The third-order valence-corrected chi connectivity index (χ3v) is 10.1. The first-order valence-corrected chi connectivity index (χ1v) is 19.0. The highest BCUT2D eigenvalue weighted by Crippen LogP contribution is 2.30. The van der Waals surface area contributed by atoms with Crippen molar-refractivity contribution >= 4 is 16.8 Å². The number of para-hydroxylation sites is 1. The van der Waals surface area contributed by atoms with Gasteiger partial charge in [-0.1, -0.05) is 91.0 Å². The molecule has 0 radical (unpaired) electrons. The molecule has 9 heteroatoms. The quantitative estimate of drug-likeness (QED) is 0.112. The highest BCUT2D eigenvalue weighted by atomic mass is 16.5. The molecular weight excluding hydrogens is 689 g/mol. The maximum absolute atomic E-state index is 13.5. The Balaban J connectivity index is 0.971. The van der Waals surface area contributed by atoms with Gasteiger partial charge in [-0.05, 0) is 71.6 Å². The molecule has 0 unspecified atom stereocenters. The molecule has 7 rings (SSSR count). The Morgan fingerprint density at radius 2 is 1.42 bits per heavy atom. The molecule has 2 atom stereocenters. The van der Waals surface area contributed by atoms with Gasteiger partial charge in [0.1, 0.15) is 30.0 Å². The highest BCUT2D eigenvalue weighted by molar-refractivity contribution is 5.99. The molecule has 1 aromatic heterocycles. The summed E-state index contributed by atoms with van der Waals surface area (Å²) in [7, 11) is 0. The number of hydrogen-bond acceptors (Lipinski definition) is 8. The van der Waals surface area contributed by atoms with Crippen molar-refractivity contribution in [1.29, 1.82) is 0 Å². The molecule has 55 heavy (non-hydrogen) atoms. The SMILES string of the molecule is O=C(c1ccc2c(Oc3ccc(C[C@@H](CO)N(Cc4ccccc4)C[C@H](O)COc4ccccc4)cc3)ccnc2c1)N1CCN(Cc2ccccc2)CC1. The third-order valence-electron chi connectivity index (χ3n) is 10.1. The second-order valence-corrected chi connectivity index (χ2v) is 14.1. The van der Waals surface area contributed by atoms with Gasteiger partial charge in [-0.3, -0.25) is 19.6 Å². The lowest BCUT2D eigenvalue weighted by Crippen LogP contribution is -2.48. The number of carbonyl (C=O) groups is 1. The van der Waals surface area contributed by atoms with Crippen LogP contribution in [0.15, 0.2) is 146 Å². The molecule has 0 saturated carbocycles. The van der Waals surface area contributed by atoms with Crippen LogP contribution in [0.4, 0.5) is 0 Å². The van der Waals surface area contributed by atoms with E-state index in [1.165, 1.54) is 5.56 Å². The fourth-order valence-corrected chi connectivity index (χ4v) is 7.07. The number of aromatic nitrogens is 1. The van der Waals surface area contributed by atoms with Gasteiger partial charge < -0.3 is 24.6 Å². The number of pyridine rings is 1. The first-order chi connectivity index (χ1) is 27.0. The Hall–Kier alpha value is -5.58. The van der Waals surface area contributed by atoms with Gasteiger partial charge in [0.25, 0.3) is 5.91 Å². The largest absolute Gasteiger partial charge is 0.491 e. The van der Waals surface area contributed by atoms with E-state index in [1.807, 2.05) is 108 Å². The first kappa shape index (κ1) is 37.7. The van der Waals surface area contributed by atoms with E-state index >= 15 is 0 Å². The van der Waals surface area contributed by atoms with Gasteiger partial charge in [0.15, 0.2) is 0 Å². The van der Waals surface area contributed by atoms with Crippen LogP contribution in [0.2, 0.25) is 0 Å². The maximum Gasteiger partial charge on any atom is 0.254 e. The standard InChI is InChI=1S/C46H48N4O5/c51-33-39(50(31-37-12-6-2-7-13-37)32-40(52)34-54-41-14-8-3-9-15-41)28-35-16-19-42(20-17-35)55-45-22-23-47-44-29-38(18-21-43(44)45)46(53)49-26-24-48(25-27-49)30-36-10-4-1-5-11-36/h1-23,29,39-40,51-52H,24-28,30-34H2/t39-,40-/m0/s1. The minimum atomic E-state index is -0.751. The number of aliphatic hydroxyl groups is 2. The van der Waals surface area contributed by atoms with Crippen LogP contribution in [0.3, 0.4) is 0 Å². The van der Waals surface area contributed by atoms with Crippen molar-refractivity contribution in [2.24, 2.45) is 0 Å². The summed E-state index contributed by atoms with van der Waals surface area (Å²) in [5.41, 5.74) is 4.73. The molecule has 9 nitrogen and oxygen atoms in total. The lowest BCUT2D eigenvalue weighted by Gasteiger charge is -2.34. The van der Waals surface area contributed by atoms with Gasteiger partial charge in [-0.25, -0.2) is 0 Å². The number of ether oxygens (including phenoxy) is 2. The van der Waals surface area contributed by atoms with Gasteiger partial charge >= 0.3 is 0 Å². The van der Waals surface area contributed by atoms with Crippen LogP contribution in [0.5, 0.6) is 17.2 Å². The van der Waals surface area contributed by atoms with Crippen molar-refractivity contribution in [2.75, 3.05) is 45.9 Å². The summed E-state index contributed by atoms with van der Waals surface area (Å²) >= 11 is 0. The van der Waals surface area contributed by atoms with Crippen molar-refractivity contribution < 1.29 is 24.5 Å². The average molecular weight is 737 g/mol. The van der Waals surface area contributed by atoms with E-state index in [9.17, 15) is 15.0 Å². The summed E-state index contributed by atoms with van der Waals surface area (Å²) in [6.07, 6.45) is 1.53. The van der Waals surface area contributed by atoms with Crippen molar-refractivity contribution in [3.05, 3.63) is 168 Å². The van der Waals surface area contributed by atoms with Crippen molar-refractivity contribution in [3.8, 4) is 17.2 Å². The minimum Gasteiger partial charge on any atom is -0.491 e. The van der Waals surface area contributed by atoms with Gasteiger partial charge in [0.2, 0.25) is 0 Å². The Morgan fingerprint density at radius 1 is 0.745 bits per heavy atom. The van der Waals surface area contributed by atoms with Gasteiger partial charge in [0.05, 0.1) is 12.1 Å². The topological polar surface area (TPSA) is 98.6 Å². The van der Waals surface area contributed by atoms with E-state index in [2.05, 4.69) is 51.2 Å². The summed E-state index contributed by atoms with van der Waals surface area (Å²) < 4.78 is 12.2. The van der Waals surface area contributed by atoms with Crippen LogP contribution in [0.1, 0.15) is 27.0 Å². The van der Waals surface area contributed by atoms with E-state index in [-0.39, 0.29) is 25.2 Å². The van der Waals surface area contributed by atoms with E-state index in [0.717, 1.165) is 36.1 Å². The van der Waals surface area contributed by atoms with Crippen LogP contribution < -0.4 is 9.47 Å². The van der Waals surface area contributed by atoms with Crippen molar-refractivity contribution in [3.63, 3.8) is 0 Å². The second-order valence-electron chi connectivity index (χ2n) is 14.1. The summed E-state index contributed by atoms with van der Waals surface area (Å²) in [6, 6.07) is 45.1. The number of aliphatic hydroxyl groups excluding tert-OH is 2. The number of rotatable bonds is 16. The number of carbonyl (C=O) groups excluding carboxylic acids is 1. The number of benzene rings is 5. The van der Waals surface area contributed by atoms with Crippen molar-refractivity contribution in [2.45, 2.75) is 31.7 Å². The Morgan fingerprint density at radius 3 is 2.11 bits per heavy atom. The fraction of sp³-hybridized carbons (Fsp3) is 0.261. The molecule has 0 bridgehead atoms. The zero-order valence-corrected chi connectivity index (χ0v) is 31.0. The molecule has 2 heterocycles. The lowest BCUT2D eigenvalue weighted by molar-refractivity contribution is 0.0335. The van der Waals surface area contributed by atoms with Gasteiger partial charge in [0, 0.05) is 69.0 Å². The van der Waals surface area contributed by atoms with E-state index < -0.39 is 6.10 Å². The highest BCUT2D eigenvalue weighted by Gasteiger charge is 2.24. The van der Waals surface area contributed by atoms with Crippen molar-refractivity contribution in [1.82, 2.24) is 19.7 Å². The smallest absolute Gasteiger partial charge is 0.254 e. The molecule has 1 saturated heterocycles. The molecule has 6 aromatic rings. The normalized spacial score (nSPS) is 14.5. The number of amides is 1. The summed E-state index contributed by atoms with van der Waals surface area (Å²) in [5.74, 6) is 2.04. The van der Waals surface area contributed by atoms with E-state index in [0.29, 0.717) is 60.9 Å². The average Bonchev–Trinajstić information content (AvgIpc) is 3.23. The molecule has 0 aliphatic carbocycles. The Labute approximate surface area is 323 Å². The molecule has 5 aromatic carbocycles. The number of fused-ring (bicyclic) bond motifs is 1. The van der Waals surface area contributed by atoms with E-state index in [4.69, 9.17) is 9.47 Å². The number of piperazine rings is 1. The van der Waals surface area contributed by atoms with Crippen LogP contribution in [-0.4, -0.2) is 93.9 Å². The van der Waals surface area contributed by atoms with Crippen LogP contribution >= 0.6 is 0 Å². The summed E-state index contributed by atoms with van der Waals surface area (Å²) in [5, 5.41) is 22.4. The Kier molecular flexibility index (Phi) is 12.8. The van der Waals surface area contributed by atoms with Crippen LogP contribution in [-0.2, 0) is 19.5 Å². The predicted molar refractivity (Wildman–Crippen MR) is 215 cm³/mol. The zero-order chi connectivity index (χ0) is 37.8. The molecule has 1 aliphatic heterocycles. The predicted octanol–water partition coefficient (Wildman–Crippen LogP) is 6.83. The van der Waals surface area contributed by atoms with E-state index in [1.54, 1.807) is 6.20 Å². The molecule has 282 valence electrons. The third kappa shape index (κ3) is 10.3. The molecule has 1 fully saturated rings. The first-order valence-electron chi connectivity index (χ1n) is 19.0. The monoisotopic (exact) mass is 736 g/mol. The molecule has 1 aliphatic rings. The Bertz CT molecular complexity index is 2090. The maximum atomic E-state index is 13.5. The van der Waals surface area contributed by atoms with Crippen LogP contribution in [0, 0.1) is 0 Å².